The average Bonchev–Trinajstić information content (AvgIpc) is 2.57. The van der Waals surface area contributed by atoms with E-state index >= 15 is 0 Å². The van der Waals surface area contributed by atoms with Gasteiger partial charge in [-0.25, -0.2) is 8.78 Å². The summed E-state index contributed by atoms with van der Waals surface area (Å²) in [5.74, 6) is -1.80. The van der Waals surface area contributed by atoms with E-state index < -0.39 is 11.6 Å². The fraction of sp³-hybridized carbons (Fsp3) is 0.222. The molecule has 14 heavy (non-hydrogen) atoms. The predicted molar refractivity (Wildman–Crippen MR) is 46.8 cm³/mol. The Kier molecular flexibility index (Phi) is 2.17. The van der Waals surface area contributed by atoms with Crippen LogP contribution in [0, 0.1) is 11.6 Å². The third kappa shape index (κ3) is 1.46. The lowest BCUT2D eigenvalue weighted by molar-refractivity contribution is 0.167. The molecule has 2 rings (SSSR count). The van der Waals surface area contributed by atoms with E-state index in [0.29, 0.717) is 11.3 Å². The van der Waals surface area contributed by atoms with Crippen LogP contribution in [-0.4, -0.2) is 18.4 Å². The first kappa shape index (κ1) is 9.08. The fourth-order valence-electron chi connectivity index (χ4n) is 1.26. The van der Waals surface area contributed by atoms with Gasteiger partial charge in [0.15, 0.2) is 11.6 Å². The van der Waals surface area contributed by atoms with Crippen molar-refractivity contribution in [2.75, 3.05) is 6.61 Å². The number of halogens is 2. The first-order valence-corrected chi connectivity index (χ1v) is 4.09. The van der Waals surface area contributed by atoms with Crippen LogP contribution in [0.15, 0.2) is 23.4 Å². The molecule has 0 saturated heterocycles. The molecule has 0 aromatic heterocycles. The first-order chi connectivity index (χ1) is 6.68. The summed E-state index contributed by atoms with van der Waals surface area (Å²) < 4.78 is 25.5. The van der Waals surface area contributed by atoms with Gasteiger partial charge in [-0.15, -0.1) is 0 Å². The van der Waals surface area contributed by atoms with Gasteiger partial charge in [0.1, 0.15) is 12.3 Å². The molecule has 0 radical (unpaired) electrons. The van der Waals surface area contributed by atoms with Crippen LogP contribution in [0.1, 0.15) is 5.56 Å². The highest BCUT2D eigenvalue weighted by Crippen LogP contribution is 2.13. The third-order valence-corrected chi connectivity index (χ3v) is 1.98. The predicted octanol–water partition coefficient (Wildman–Crippen LogP) is 1.03. The number of oxime groups is 1. The van der Waals surface area contributed by atoms with E-state index in [1.165, 1.54) is 6.07 Å². The van der Waals surface area contributed by atoms with Gasteiger partial charge in [-0.05, 0) is 18.2 Å². The van der Waals surface area contributed by atoms with E-state index in [1.807, 2.05) is 0 Å². The molecule has 1 aliphatic rings. The molecule has 2 N–H and O–H groups in total. The number of nitrogens with zero attached hydrogens (tertiary/aromatic N) is 1. The summed E-state index contributed by atoms with van der Waals surface area (Å²) in [5.41, 5.74) is 6.53. The number of hydrogen-bond donors (Lipinski definition) is 1. The van der Waals surface area contributed by atoms with Crippen LogP contribution in [0.3, 0.4) is 0 Å². The summed E-state index contributed by atoms with van der Waals surface area (Å²) in [4.78, 5) is 4.74. The normalized spacial score (nSPS) is 20.5. The zero-order valence-electron chi connectivity index (χ0n) is 7.21. The molecular formula is C9H8F2N2O. The largest absolute Gasteiger partial charge is 0.393 e. The van der Waals surface area contributed by atoms with Gasteiger partial charge < -0.3 is 10.6 Å². The van der Waals surface area contributed by atoms with Gasteiger partial charge in [0.05, 0.1) is 6.04 Å². The van der Waals surface area contributed by atoms with Crippen LogP contribution in [0.25, 0.3) is 0 Å². The van der Waals surface area contributed by atoms with Crippen LogP contribution in [0.4, 0.5) is 8.78 Å². The maximum atomic E-state index is 12.8. The van der Waals surface area contributed by atoms with Gasteiger partial charge in [0.25, 0.3) is 0 Å². The van der Waals surface area contributed by atoms with Gasteiger partial charge in [0, 0.05) is 5.56 Å². The molecule has 0 unspecified atom stereocenters. The Morgan fingerprint density at radius 3 is 2.71 bits per heavy atom. The molecule has 1 aliphatic heterocycles. The van der Waals surface area contributed by atoms with Gasteiger partial charge in [-0.1, -0.05) is 5.16 Å². The zero-order chi connectivity index (χ0) is 10.1. The Balaban J connectivity index is 2.37. The van der Waals surface area contributed by atoms with Crippen molar-refractivity contribution in [1.29, 1.82) is 0 Å². The van der Waals surface area contributed by atoms with Crippen LogP contribution in [0.5, 0.6) is 0 Å². The van der Waals surface area contributed by atoms with Crippen LogP contribution < -0.4 is 5.73 Å². The van der Waals surface area contributed by atoms with Crippen molar-refractivity contribution in [3.63, 3.8) is 0 Å². The van der Waals surface area contributed by atoms with Crippen molar-refractivity contribution in [1.82, 2.24) is 0 Å². The molecule has 0 amide bonds. The maximum absolute atomic E-state index is 12.8. The Hall–Kier alpha value is -1.49. The third-order valence-electron chi connectivity index (χ3n) is 1.98. The maximum Gasteiger partial charge on any atom is 0.159 e. The van der Waals surface area contributed by atoms with Crippen molar-refractivity contribution in [2.24, 2.45) is 10.9 Å². The monoisotopic (exact) mass is 198 g/mol. The molecular weight excluding hydrogens is 190 g/mol. The molecule has 0 saturated carbocycles. The molecule has 0 aliphatic carbocycles. The quantitative estimate of drug-likeness (QED) is 0.732. The van der Waals surface area contributed by atoms with E-state index in [2.05, 4.69) is 5.16 Å². The first-order valence-electron chi connectivity index (χ1n) is 4.09. The summed E-state index contributed by atoms with van der Waals surface area (Å²) in [6, 6.07) is 3.15. The Bertz CT molecular complexity index is 392. The minimum absolute atomic E-state index is 0.272. The fourth-order valence-corrected chi connectivity index (χ4v) is 1.26. The van der Waals surface area contributed by atoms with E-state index in [-0.39, 0.29) is 12.6 Å². The van der Waals surface area contributed by atoms with Crippen LogP contribution in [-0.2, 0) is 4.84 Å². The average molecular weight is 198 g/mol. The minimum atomic E-state index is -0.913. The Morgan fingerprint density at radius 2 is 2.14 bits per heavy atom. The highest BCUT2D eigenvalue weighted by atomic mass is 19.2. The van der Waals surface area contributed by atoms with Crippen molar-refractivity contribution in [2.45, 2.75) is 6.04 Å². The van der Waals surface area contributed by atoms with Crippen molar-refractivity contribution in [3.8, 4) is 0 Å². The molecule has 1 aromatic carbocycles. The van der Waals surface area contributed by atoms with Crippen molar-refractivity contribution in [3.05, 3.63) is 35.4 Å². The van der Waals surface area contributed by atoms with E-state index in [0.717, 1.165) is 12.1 Å². The molecule has 1 heterocycles. The molecule has 1 aromatic rings. The van der Waals surface area contributed by atoms with E-state index in [1.54, 1.807) is 0 Å². The second kappa shape index (κ2) is 3.34. The standard InChI is InChI=1S/C9H8F2N2O/c10-6-2-1-5(3-7(6)11)9-8(12)4-14-13-9/h1-3,8H,4,12H2/t8-/m0/s1. The van der Waals surface area contributed by atoms with Gasteiger partial charge in [-0.2, -0.15) is 0 Å². The summed E-state index contributed by atoms with van der Waals surface area (Å²) in [7, 11) is 0. The lowest BCUT2D eigenvalue weighted by Crippen LogP contribution is -2.30. The van der Waals surface area contributed by atoms with Crippen LogP contribution in [0.2, 0.25) is 0 Å². The van der Waals surface area contributed by atoms with Crippen molar-refractivity contribution < 1.29 is 13.6 Å². The molecule has 3 nitrogen and oxygen atoms in total. The number of nitrogens with two attached hydrogens (primary N) is 1. The number of hydrogen-bond acceptors (Lipinski definition) is 3. The minimum Gasteiger partial charge on any atom is -0.393 e. The highest BCUT2D eigenvalue weighted by molar-refractivity contribution is 6.04. The topological polar surface area (TPSA) is 47.6 Å². The van der Waals surface area contributed by atoms with Gasteiger partial charge in [-0.3, -0.25) is 0 Å². The second-order valence-corrected chi connectivity index (χ2v) is 3.01. The summed E-state index contributed by atoms with van der Waals surface area (Å²) in [6.45, 7) is 0.272. The zero-order valence-corrected chi connectivity index (χ0v) is 7.21. The second-order valence-electron chi connectivity index (χ2n) is 3.01. The molecule has 0 bridgehead atoms. The summed E-state index contributed by atoms with van der Waals surface area (Å²) >= 11 is 0. The summed E-state index contributed by atoms with van der Waals surface area (Å²) in [5, 5.41) is 3.66. The smallest absolute Gasteiger partial charge is 0.159 e. The highest BCUT2D eigenvalue weighted by Gasteiger charge is 2.21. The SMILES string of the molecule is N[C@H]1CON=C1c1ccc(F)c(F)c1. The molecule has 74 valence electrons. The number of benzene rings is 1. The molecule has 5 heteroatoms. The number of rotatable bonds is 1. The Labute approximate surface area is 79.2 Å². The lowest BCUT2D eigenvalue weighted by Gasteiger charge is -2.04. The molecule has 0 spiro atoms. The summed E-state index contributed by atoms with van der Waals surface area (Å²) in [6.07, 6.45) is 0. The van der Waals surface area contributed by atoms with Gasteiger partial charge in [0.2, 0.25) is 0 Å². The van der Waals surface area contributed by atoms with Crippen molar-refractivity contribution >= 4 is 5.71 Å². The van der Waals surface area contributed by atoms with Crippen LogP contribution >= 0.6 is 0 Å². The lowest BCUT2D eigenvalue weighted by atomic mass is 10.0. The van der Waals surface area contributed by atoms with Gasteiger partial charge >= 0.3 is 0 Å². The Morgan fingerprint density at radius 1 is 1.36 bits per heavy atom. The molecule has 1 atom stereocenters. The van der Waals surface area contributed by atoms with E-state index in [4.69, 9.17) is 10.6 Å². The van der Waals surface area contributed by atoms with E-state index in [9.17, 15) is 8.78 Å². The molecule has 0 fully saturated rings.